The van der Waals surface area contributed by atoms with Gasteiger partial charge in [-0.15, -0.1) is 24.0 Å². The lowest BCUT2D eigenvalue weighted by atomic mass is 10.1. The zero-order chi connectivity index (χ0) is 22.1. The molecule has 168 valence electrons. The summed E-state index contributed by atoms with van der Waals surface area (Å²) in [6, 6.07) is 22.0. The Morgan fingerprint density at radius 1 is 0.906 bits per heavy atom. The average Bonchev–Trinajstić information content (AvgIpc) is 2.82. The molecule has 32 heavy (non-hydrogen) atoms. The Kier molecular flexibility index (Phi) is 9.80. The minimum absolute atomic E-state index is 0. The number of ether oxygens (including phenoxy) is 3. The van der Waals surface area contributed by atoms with Gasteiger partial charge in [0.2, 0.25) is 0 Å². The first-order valence-electron chi connectivity index (χ1n) is 9.68. The van der Waals surface area contributed by atoms with E-state index in [1.165, 1.54) is 0 Å². The van der Waals surface area contributed by atoms with Crippen LogP contribution in [0.3, 0.4) is 0 Å². The van der Waals surface area contributed by atoms with Gasteiger partial charge >= 0.3 is 5.97 Å². The third kappa shape index (κ3) is 7.16. The van der Waals surface area contributed by atoms with Gasteiger partial charge in [0.15, 0.2) is 17.5 Å². The van der Waals surface area contributed by atoms with Crippen molar-refractivity contribution in [1.29, 1.82) is 0 Å². The smallest absolute Gasteiger partial charge is 0.338 e. The number of guanidine groups is 1. The summed E-state index contributed by atoms with van der Waals surface area (Å²) in [5.74, 6) is 1.07. The van der Waals surface area contributed by atoms with Crippen molar-refractivity contribution in [3.63, 3.8) is 0 Å². The number of hydrogen-bond donors (Lipinski definition) is 2. The summed E-state index contributed by atoms with van der Waals surface area (Å²) in [6.45, 7) is 0.538. The standard InChI is InChI=1S/C24H25N3O4.HI/c1-29-21-12-11-20(14-22(21)30-2)27-24(25)26-15-18-9-6-10-19(13-18)23(28)31-16-17-7-4-3-5-8-17;/h3-14H,15-16H2,1-2H3,(H3,25,26,27);1H. The fourth-order valence-electron chi connectivity index (χ4n) is 2.88. The van der Waals surface area contributed by atoms with Crippen LogP contribution in [0.5, 0.6) is 11.5 Å². The Labute approximate surface area is 204 Å². The molecule has 3 N–H and O–H groups in total. The summed E-state index contributed by atoms with van der Waals surface area (Å²) in [7, 11) is 3.14. The highest BCUT2D eigenvalue weighted by molar-refractivity contribution is 14.0. The zero-order valence-electron chi connectivity index (χ0n) is 17.9. The number of halogens is 1. The molecule has 3 aromatic carbocycles. The predicted octanol–water partition coefficient (Wildman–Crippen LogP) is 4.61. The van der Waals surface area contributed by atoms with Crippen molar-refractivity contribution >= 4 is 41.6 Å². The third-order valence-electron chi connectivity index (χ3n) is 4.46. The van der Waals surface area contributed by atoms with Gasteiger partial charge in [-0.05, 0) is 35.4 Å². The van der Waals surface area contributed by atoms with Crippen molar-refractivity contribution in [1.82, 2.24) is 0 Å². The van der Waals surface area contributed by atoms with Crippen molar-refractivity contribution in [2.24, 2.45) is 10.7 Å². The lowest BCUT2D eigenvalue weighted by molar-refractivity contribution is 0.0472. The highest BCUT2D eigenvalue weighted by Crippen LogP contribution is 2.29. The van der Waals surface area contributed by atoms with Crippen LogP contribution in [0.15, 0.2) is 77.8 Å². The Balaban J connectivity index is 0.00000363. The number of carbonyl (C=O) groups is 1. The van der Waals surface area contributed by atoms with E-state index in [4.69, 9.17) is 19.9 Å². The number of esters is 1. The molecule has 0 saturated carbocycles. The van der Waals surface area contributed by atoms with Crippen LogP contribution in [0.1, 0.15) is 21.5 Å². The van der Waals surface area contributed by atoms with Crippen LogP contribution in [-0.4, -0.2) is 26.1 Å². The summed E-state index contributed by atoms with van der Waals surface area (Å²) < 4.78 is 15.9. The van der Waals surface area contributed by atoms with E-state index in [-0.39, 0.29) is 42.5 Å². The molecule has 0 bridgehead atoms. The summed E-state index contributed by atoms with van der Waals surface area (Å²) in [4.78, 5) is 16.7. The highest BCUT2D eigenvalue weighted by Gasteiger charge is 2.09. The monoisotopic (exact) mass is 547 g/mol. The summed E-state index contributed by atoms with van der Waals surface area (Å²) in [5, 5.41) is 3.01. The molecule has 0 aliphatic rings. The number of hydrogen-bond acceptors (Lipinski definition) is 5. The van der Waals surface area contributed by atoms with Crippen LogP contribution in [0, 0.1) is 0 Å². The number of carbonyl (C=O) groups excluding carboxylic acids is 1. The fourth-order valence-corrected chi connectivity index (χ4v) is 2.88. The van der Waals surface area contributed by atoms with E-state index in [1.54, 1.807) is 44.6 Å². The third-order valence-corrected chi connectivity index (χ3v) is 4.46. The maximum absolute atomic E-state index is 12.3. The second kappa shape index (κ2) is 12.6. The molecule has 0 heterocycles. The predicted molar refractivity (Wildman–Crippen MR) is 136 cm³/mol. The molecule has 0 radical (unpaired) electrons. The Morgan fingerprint density at radius 2 is 1.62 bits per heavy atom. The van der Waals surface area contributed by atoms with E-state index >= 15 is 0 Å². The first-order chi connectivity index (χ1) is 15.1. The van der Waals surface area contributed by atoms with Crippen molar-refractivity contribution in [2.75, 3.05) is 19.5 Å². The van der Waals surface area contributed by atoms with Crippen LogP contribution in [-0.2, 0) is 17.9 Å². The van der Waals surface area contributed by atoms with E-state index in [0.717, 1.165) is 16.8 Å². The van der Waals surface area contributed by atoms with Gasteiger partial charge in [-0.2, -0.15) is 0 Å². The van der Waals surface area contributed by atoms with E-state index in [0.29, 0.717) is 23.6 Å². The molecular formula is C24H26IN3O4. The lowest BCUT2D eigenvalue weighted by Gasteiger charge is -2.11. The van der Waals surface area contributed by atoms with Gasteiger partial charge in [0.25, 0.3) is 0 Å². The van der Waals surface area contributed by atoms with E-state index in [9.17, 15) is 4.79 Å². The van der Waals surface area contributed by atoms with E-state index in [1.807, 2.05) is 42.5 Å². The maximum atomic E-state index is 12.3. The number of benzene rings is 3. The van der Waals surface area contributed by atoms with E-state index in [2.05, 4.69) is 10.3 Å². The Bertz CT molecular complexity index is 1060. The minimum atomic E-state index is -0.383. The van der Waals surface area contributed by atoms with Gasteiger partial charge in [-0.3, -0.25) is 0 Å². The molecule has 3 rings (SSSR count). The van der Waals surface area contributed by atoms with Gasteiger partial charge in [0.05, 0.1) is 26.3 Å². The van der Waals surface area contributed by atoms with Crippen molar-refractivity contribution in [3.8, 4) is 11.5 Å². The molecule has 0 amide bonds. The summed E-state index contributed by atoms with van der Waals surface area (Å²) in [5.41, 5.74) is 8.96. The first kappa shape index (κ1) is 25.0. The lowest BCUT2D eigenvalue weighted by Crippen LogP contribution is -2.22. The molecule has 0 aliphatic heterocycles. The average molecular weight is 547 g/mol. The number of aliphatic imine (C=N–C) groups is 1. The fraction of sp³-hybridized carbons (Fsp3) is 0.167. The minimum Gasteiger partial charge on any atom is -0.493 e. The van der Waals surface area contributed by atoms with Crippen molar-refractivity contribution in [2.45, 2.75) is 13.2 Å². The zero-order valence-corrected chi connectivity index (χ0v) is 20.2. The van der Waals surface area contributed by atoms with Crippen LogP contribution in [0.4, 0.5) is 5.69 Å². The van der Waals surface area contributed by atoms with E-state index < -0.39 is 0 Å². The summed E-state index contributed by atoms with van der Waals surface area (Å²) in [6.07, 6.45) is 0. The molecule has 0 spiro atoms. The second-order valence-corrected chi connectivity index (χ2v) is 6.66. The van der Waals surface area contributed by atoms with Gasteiger partial charge < -0.3 is 25.3 Å². The van der Waals surface area contributed by atoms with Crippen molar-refractivity contribution in [3.05, 3.63) is 89.5 Å². The molecule has 0 unspecified atom stereocenters. The SMILES string of the molecule is COc1ccc(NC(N)=NCc2cccc(C(=O)OCc3ccccc3)c2)cc1OC.I. The summed E-state index contributed by atoms with van der Waals surface area (Å²) >= 11 is 0. The first-order valence-corrected chi connectivity index (χ1v) is 9.68. The van der Waals surface area contributed by atoms with Crippen LogP contribution >= 0.6 is 24.0 Å². The topological polar surface area (TPSA) is 95.2 Å². The number of nitrogens with zero attached hydrogens (tertiary/aromatic N) is 1. The largest absolute Gasteiger partial charge is 0.493 e. The second-order valence-electron chi connectivity index (χ2n) is 6.66. The molecule has 8 heteroatoms. The highest BCUT2D eigenvalue weighted by atomic mass is 127. The molecule has 0 saturated heterocycles. The van der Waals surface area contributed by atoms with Crippen LogP contribution < -0.4 is 20.5 Å². The molecule has 7 nitrogen and oxygen atoms in total. The Morgan fingerprint density at radius 3 is 2.34 bits per heavy atom. The van der Waals surface area contributed by atoms with Crippen LogP contribution in [0.2, 0.25) is 0 Å². The molecule has 3 aromatic rings. The quantitative estimate of drug-likeness (QED) is 0.185. The van der Waals surface area contributed by atoms with Gasteiger partial charge in [-0.1, -0.05) is 42.5 Å². The van der Waals surface area contributed by atoms with Gasteiger partial charge in [-0.25, -0.2) is 9.79 Å². The number of rotatable bonds is 8. The molecule has 0 aliphatic carbocycles. The molecule has 0 atom stereocenters. The Hall–Kier alpha value is -3.27. The number of methoxy groups -OCH3 is 2. The molecular weight excluding hydrogens is 521 g/mol. The normalized spacial score (nSPS) is 10.6. The molecule has 0 fully saturated rings. The van der Waals surface area contributed by atoms with Crippen LogP contribution in [0.25, 0.3) is 0 Å². The van der Waals surface area contributed by atoms with Crippen molar-refractivity contribution < 1.29 is 19.0 Å². The number of anilines is 1. The maximum Gasteiger partial charge on any atom is 0.338 e. The van der Waals surface area contributed by atoms with Gasteiger partial charge in [0.1, 0.15) is 6.61 Å². The molecule has 0 aromatic heterocycles. The number of nitrogens with two attached hydrogens (primary N) is 1. The van der Waals surface area contributed by atoms with Gasteiger partial charge in [0, 0.05) is 11.8 Å². The number of nitrogens with one attached hydrogen (secondary N) is 1.